The van der Waals surface area contributed by atoms with Crippen molar-refractivity contribution < 1.29 is 14.4 Å². The van der Waals surface area contributed by atoms with Crippen LogP contribution in [-0.4, -0.2) is 23.8 Å². The highest BCUT2D eigenvalue weighted by atomic mass is 16.2. The third kappa shape index (κ3) is 5.08. The summed E-state index contributed by atoms with van der Waals surface area (Å²) in [5, 5.41) is 5.37. The Bertz CT molecular complexity index is 609. The van der Waals surface area contributed by atoms with Crippen LogP contribution in [0.2, 0.25) is 0 Å². The molecule has 2 rings (SSSR count). The van der Waals surface area contributed by atoms with E-state index < -0.39 is 11.9 Å². The molecule has 1 aromatic rings. The molecule has 0 saturated heterocycles. The molecule has 4 N–H and O–H groups in total. The van der Waals surface area contributed by atoms with Crippen molar-refractivity contribution in [3.05, 3.63) is 29.8 Å². The molecule has 0 aromatic heterocycles. The lowest BCUT2D eigenvalue weighted by molar-refractivity contribution is -0.127. The monoisotopic (exact) mass is 331 g/mol. The summed E-state index contributed by atoms with van der Waals surface area (Å²) in [6, 6.07) is 5.85. The van der Waals surface area contributed by atoms with E-state index in [1.54, 1.807) is 31.2 Å². The number of amides is 3. The van der Waals surface area contributed by atoms with Gasteiger partial charge in [0.2, 0.25) is 11.8 Å². The number of rotatable bonds is 6. The Morgan fingerprint density at radius 2 is 1.83 bits per heavy atom. The normalized spacial score (nSPS) is 16.2. The Morgan fingerprint density at radius 3 is 2.50 bits per heavy atom. The molecule has 1 unspecified atom stereocenters. The topological polar surface area (TPSA) is 101 Å². The maximum Gasteiger partial charge on any atom is 0.250 e. The highest BCUT2D eigenvalue weighted by molar-refractivity contribution is 6.04. The molecule has 3 amide bonds. The van der Waals surface area contributed by atoms with E-state index in [0.717, 1.165) is 12.8 Å². The number of hydrogen-bond acceptors (Lipinski definition) is 3. The van der Waals surface area contributed by atoms with E-state index in [-0.39, 0.29) is 17.4 Å². The Labute approximate surface area is 142 Å². The number of hydrogen-bond donors (Lipinski definition) is 3. The summed E-state index contributed by atoms with van der Waals surface area (Å²) >= 11 is 0. The van der Waals surface area contributed by atoms with Crippen LogP contribution in [-0.2, 0) is 9.59 Å². The van der Waals surface area contributed by atoms with E-state index in [0.29, 0.717) is 18.0 Å². The van der Waals surface area contributed by atoms with E-state index in [4.69, 9.17) is 5.73 Å². The first-order valence-corrected chi connectivity index (χ1v) is 8.46. The van der Waals surface area contributed by atoms with Gasteiger partial charge >= 0.3 is 0 Å². The van der Waals surface area contributed by atoms with E-state index in [1.807, 2.05) is 0 Å². The average molecular weight is 331 g/mol. The summed E-state index contributed by atoms with van der Waals surface area (Å²) in [7, 11) is 0. The first-order chi connectivity index (χ1) is 11.5. The molecule has 130 valence electrons. The minimum absolute atomic E-state index is 0.104. The van der Waals surface area contributed by atoms with E-state index in [2.05, 4.69) is 10.6 Å². The largest absolute Gasteiger partial charge is 0.366 e. The molecule has 0 bridgehead atoms. The van der Waals surface area contributed by atoms with Crippen molar-refractivity contribution in [1.29, 1.82) is 0 Å². The van der Waals surface area contributed by atoms with Gasteiger partial charge in [0.1, 0.15) is 6.04 Å². The molecule has 1 fully saturated rings. The van der Waals surface area contributed by atoms with Gasteiger partial charge in [-0.2, -0.15) is 0 Å². The first-order valence-electron chi connectivity index (χ1n) is 8.46. The van der Waals surface area contributed by atoms with E-state index >= 15 is 0 Å². The second-order valence-electron chi connectivity index (χ2n) is 6.40. The van der Waals surface area contributed by atoms with Crippen molar-refractivity contribution in [1.82, 2.24) is 5.32 Å². The Morgan fingerprint density at radius 1 is 1.17 bits per heavy atom. The SMILES string of the molecule is CC(NC(=O)CC1CCCCC1)C(=O)Nc1ccccc1C(N)=O. The number of nitrogens with two attached hydrogens (primary N) is 1. The van der Waals surface area contributed by atoms with Gasteiger partial charge in [0, 0.05) is 6.42 Å². The number of para-hydroxylation sites is 1. The summed E-state index contributed by atoms with van der Waals surface area (Å²) in [6.07, 6.45) is 6.24. The minimum Gasteiger partial charge on any atom is -0.366 e. The molecule has 1 atom stereocenters. The second kappa shape index (κ2) is 8.47. The van der Waals surface area contributed by atoms with Crippen LogP contribution in [0.1, 0.15) is 55.8 Å². The van der Waals surface area contributed by atoms with Crippen LogP contribution in [0.3, 0.4) is 0 Å². The fourth-order valence-electron chi connectivity index (χ4n) is 3.07. The molecule has 1 saturated carbocycles. The molecular weight excluding hydrogens is 306 g/mol. The number of anilines is 1. The van der Waals surface area contributed by atoms with Gasteiger partial charge in [-0.05, 0) is 37.8 Å². The smallest absolute Gasteiger partial charge is 0.250 e. The van der Waals surface area contributed by atoms with Gasteiger partial charge in [-0.3, -0.25) is 14.4 Å². The molecular formula is C18H25N3O3. The zero-order valence-electron chi connectivity index (χ0n) is 14.0. The molecule has 0 spiro atoms. The Hall–Kier alpha value is -2.37. The number of primary amides is 1. The van der Waals surface area contributed by atoms with Gasteiger partial charge in [0.15, 0.2) is 0 Å². The van der Waals surface area contributed by atoms with E-state index in [9.17, 15) is 14.4 Å². The molecule has 0 radical (unpaired) electrons. The highest BCUT2D eigenvalue weighted by Gasteiger charge is 2.21. The Kier molecular flexibility index (Phi) is 6.35. The van der Waals surface area contributed by atoms with Crippen LogP contribution in [0, 0.1) is 5.92 Å². The number of carbonyl (C=O) groups excluding carboxylic acids is 3. The molecule has 0 aliphatic heterocycles. The lowest BCUT2D eigenvalue weighted by Gasteiger charge is -2.22. The van der Waals surface area contributed by atoms with Crippen molar-refractivity contribution >= 4 is 23.4 Å². The molecule has 6 nitrogen and oxygen atoms in total. The Balaban J connectivity index is 1.88. The number of nitrogens with one attached hydrogen (secondary N) is 2. The van der Waals surface area contributed by atoms with Crippen LogP contribution in [0.25, 0.3) is 0 Å². The quantitative estimate of drug-likeness (QED) is 0.744. The predicted molar refractivity (Wildman–Crippen MR) is 92.4 cm³/mol. The lowest BCUT2D eigenvalue weighted by atomic mass is 9.87. The summed E-state index contributed by atoms with van der Waals surface area (Å²) in [5.74, 6) is -0.669. The maximum absolute atomic E-state index is 12.2. The molecule has 1 aliphatic rings. The predicted octanol–water partition coefficient (Wildman–Crippen LogP) is 2.20. The van der Waals surface area contributed by atoms with Gasteiger partial charge in [0.25, 0.3) is 5.91 Å². The lowest BCUT2D eigenvalue weighted by Crippen LogP contribution is -2.42. The number of benzene rings is 1. The van der Waals surface area contributed by atoms with Crippen molar-refractivity contribution in [2.24, 2.45) is 11.7 Å². The van der Waals surface area contributed by atoms with Crippen LogP contribution in [0.4, 0.5) is 5.69 Å². The third-order valence-electron chi connectivity index (χ3n) is 4.42. The summed E-state index contributed by atoms with van der Waals surface area (Å²) < 4.78 is 0. The molecule has 6 heteroatoms. The summed E-state index contributed by atoms with van der Waals surface area (Å²) in [5.41, 5.74) is 5.88. The fraction of sp³-hybridized carbons (Fsp3) is 0.500. The van der Waals surface area contributed by atoms with Gasteiger partial charge in [-0.25, -0.2) is 0 Å². The average Bonchev–Trinajstić information content (AvgIpc) is 2.55. The van der Waals surface area contributed by atoms with Gasteiger partial charge in [0.05, 0.1) is 11.3 Å². The van der Waals surface area contributed by atoms with Crippen LogP contribution in [0.15, 0.2) is 24.3 Å². The van der Waals surface area contributed by atoms with Crippen molar-refractivity contribution in [2.75, 3.05) is 5.32 Å². The third-order valence-corrected chi connectivity index (χ3v) is 4.42. The molecule has 1 aliphatic carbocycles. The van der Waals surface area contributed by atoms with E-state index in [1.165, 1.54) is 19.3 Å². The second-order valence-corrected chi connectivity index (χ2v) is 6.40. The van der Waals surface area contributed by atoms with Gasteiger partial charge in [-0.15, -0.1) is 0 Å². The zero-order valence-corrected chi connectivity index (χ0v) is 14.0. The van der Waals surface area contributed by atoms with Crippen molar-refractivity contribution in [3.8, 4) is 0 Å². The van der Waals surface area contributed by atoms with Gasteiger partial charge in [-0.1, -0.05) is 31.4 Å². The summed E-state index contributed by atoms with van der Waals surface area (Å²) in [6.45, 7) is 1.63. The fourth-order valence-corrected chi connectivity index (χ4v) is 3.07. The van der Waals surface area contributed by atoms with Crippen molar-refractivity contribution in [2.45, 2.75) is 51.5 Å². The summed E-state index contributed by atoms with van der Waals surface area (Å²) in [4.78, 5) is 35.7. The number of carbonyl (C=O) groups is 3. The van der Waals surface area contributed by atoms with Crippen LogP contribution >= 0.6 is 0 Å². The van der Waals surface area contributed by atoms with Crippen molar-refractivity contribution in [3.63, 3.8) is 0 Å². The van der Waals surface area contributed by atoms with Gasteiger partial charge < -0.3 is 16.4 Å². The maximum atomic E-state index is 12.2. The zero-order chi connectivity index (χ0) is 17.5. The molecule has 0 heterocycles. The highest BCUT2D eigenvalue weighted by Crippen LogP contribution is 2.26. The molecule has 1 aromatic carbocycles. The standard InChI is InChI=1S/C18H25N3O3/c1-12(20-16(22)11-13-7-3-2-4-8-13)18(24)21-15-10-6-5-9-14(15)17(19)23/h5-6,9-10,12-13H,2-4,7-8,11H2,1H3,(H2,19,23)(H,20,22)(H,21,24). The first kappa shape index (κ1) is 18.0. The van der Waals surface area contributed by atoms with Crippen LogP contribution < -0.4 is 16.4 Å². The van der Waals surface area contributed by atoms with Crippen LogP contribution in [0.5, 0.6) is 0 Å². The molecule has 24 heavy (non-hydrogen) atoms. The minimum atomic E-state index is -0.679.